The number of esters is 2. The van der Waals surface area contributed by atoms with Crippen LogP contribution in [0, 0.1) is 57.2 Å². The lowest BCUT2D eigenvalue weighted by atomic mass is 9.44. The summed E-state index contributed by atoms with van der Waals surface area (Å²) >= 11 is 0. The summed E-state index contributed by atoms with van der Waals surface area (Å²) in [5, 5.41) is 47.4. The molecule has 0 aromatic carbocycles. The molecule has 12 nitrogen and oxygen atoms in total. The van der Waals surface area contributed by atoms with E-state index in [0.717, 1.165) is 5.57 Å². The number of carbonyl (C=O) groups is 6. The van der Waals surface area contributed by atoms with Crippen LogP contribution in [0.5, 0.6) is 0 Å². The number of rotatable bonds is 9. The average Bonchev–Trinajstić information content (AvgIpc) is 3.58. The number of ketones is 4. The van der Waals surface area contributed by atoms with E-state index in [1.165, 1.54) is 12.2 Å². The van der Waals surface area contributed by atoms with Crippen LogP contribution >= 0.6 is 0 Å². The third-order valence-corrected chi connectivity index (χ3v) is 18.0. The van der Waals surface area contributed by atoms with E-state index in [-0.39, 0.29) is 48.6 Å². The summed E-state index contributed by atoms with van der Waals surface area (Å²) < 4.78 is 28.0. The van der Waals surface area contributed by atoms with Gasteiger partial charge in [0.2, 0.25) is 11.6 Å². The molecule has 0 spiro atoms. The molecular formula is C47H59FO12. The SMILES string of the molecule is C[C@@H]1CC2C3CCC4=CC(=O)C=C[C@]4(C)[C@@]3(F)[C@@H](O)C[C@]2(C)[C@@]1(O)C(=O)COC(=O)CCC(=O)OCC(=O)[C@@]1(O)CCC2C3CCC4=CC(=O)C=C[C@]4(C)C3[C@@H](O)C[C@@]21C. The Kier molecular flexibility index (Phi) is 10.2. The molecule has 5 unspecified atom stereocenters. The molecule has 8 rings (SSSR count). The lowest BCUT2D eigenvalue weighted by molar-refractivity contribution is -0.220. The highest BCUT2D eigenvalue weighted by Crippen LogP contribution is 2.71. The fraction of sp³-hybridized carbons (Fsp3) is 0.702. The first-order valence-corrected chi connectivity index (χ1v) is 21.8. The predicted molar refractivity (Wildman–Crippen MR) is 212 cm³/mol. The minimum absolute atomic E-state index is 0.00128. The number of ether oxygens (including phenoxy) is 2. The normalized spacial score (nSPS) is 47.4. The largest absolute Gasteiger partial charge is 0.458 e. The lowest BCUT2D eigenvalue weighted by Crippen LogP contribution is -2.69. The van der Waals surface area contributed by atoms with Crippen molar-refractivity contribution in [3.05, 3.63) is 47.6 Å². The maximum Gasteiger partial charge on any atom is 0.306 e. The highest BCUT2D eigenvalue weighted by molar-refractivity contribution is 6.02. The van der Waals surface area contributed by atoms with Crippen molar-refractivity contribution in [2.75, 3.05) is 13.2 Å². The van der Waals surface area contributed by atoms with Gasteiger partial charge in [0.1, 0.15) is 11.2 Å². The third-order valence-electron chi connectivity index (χ3n) is 18.0. The molecule has 326 valence electrons. The zero-order valence-electron chi connectivity index (χ0n) is 35.2. The molecule has 13 heteroatoms. The van der Waals surface area contributed by atoms with Crippen LogP contribution in [0.1, 0.15) is 105 Å². The van der Waals surface area contributed by atoms with Crippen molar-refractivity contribution >= 4 is 35.1 Å². The molecule has 8 aliphatic carbocycles. The summed E-state index contributed by atoms with van der Waals surface area (Å²) in [5.74, 6) is -5.70. The van der Waals surface area contributed by atoms with Gasteiger partial charge in [-0.25, -0.2) is 4.39 Å². The molecular weight excluding hydrogens is 776 g/mol. The Labute approximate surface area is 349 Å². The summed E-state index contributed by atoms with van der Waals surface area (Å²) in [6, 6.07) is 0. The van der Waals surface area contributed by atoms with Gasteiger partial charge in [-0.05, 0) is 113 Å². The molecule has 0 aromatic rings. The van der Waals surface area contributed by atoms with Crippen molar-refractivity contribution in [3.63, 3.8) is 0 Å². The van der Waals surface area contributed by atoms with E-state index in [4.69, 9.17) is 9.47 Å². The van der Waals surface area contributed by atoms with Crippen LogP contribution in [-0.4, -0.2) is 97.8 Å². The van der Waals surface area contributed by atoms with Crippen molar-refractivity contribution < 1.29 is 63.1 Å². The highest BCUT2D eigenvalue weighted by atomic mass is 19.1. The van der Waals surface area contributed by atoms with E-state index in [1.807, 2.05) is 19.9 Å². The summed E-state index contributed by atoms with van der Waals surface area (Å²) in [5.41, 5.74) is -8.38. The average molecular weight is 835 g/mol. The van der Waals surface area contributed by atoms with Crippen molar-refractivity contribution in [1.29, 1.82) is 0 Å². The number of hydrogen-bond acceptors (Lipinski definition) is 12. The Morgan fingerprint density at radius 2 is 1.37 bits per heavy atom. The molecule has 0 bridgehead atoms. The number of alkyl halides is 1. The fourth-order valence-corrected chi connectivity index (χ4v) is 14.8. The van der Waals surface area contributed by atoms with Crippen LogP contribution < -0.4 is 0 Å². The van der Waals surface area contributed by atoms with Crippen LogP contribution in [0.2, 0.25) is 0 Å². The highest BCUT2D eigenvalue weighted by Gasteiger charge is 2.76. The van der Waals surface area contributed by atoms with Crippen molar-refractivity contribution in [2.45, 2.75) is 134 Å². The molecule has 0 aliphatic heterocycles. The molecule has 6 saturated carbocycles. The smallest absolute Gasteiger partial charge is 0.306 e. The summed E-state index contributed by atoms with van der Waals surface area (Å²) in [4.78, 5) is 77.4. The topological polar surface area (TPSA) is 202 Å². The van der Waals surface area contributed by atoms with Gasteiger partial charge in [-0.2, -0.15) is 0 Å². The third kappa shape index (κ3) is 5.73. The maximum absolute atomic E-state index is 17.5. The Bertz CT molecular complexity index is 2050. The van der Waals surface area contributed by atoms with Gasteiger partial charge in [0, 0.05) is 33.5 Å². The van der Waals surface area contributed by atoms with Crippen molar-refractivity contribution in [2.24, 2.45) is 57.2 Å². The van der Waals surface area contributed by atoms with Gasteiger partial charge in [0.15, 0.2) is 30.4 Å². The Morgan fingerprint density at radius 1 is 0.767 bits per heavy atom. The first-order chi connectivity index (χ1) is 28.0. The monoisotopic (exact) mass is 834 g/mol. The van der Waals surface area contributed by atoms with Gasteiger partial charge in [0.25, 0.3) is 0 Å². The number of aliphatic hydroxyl groups excluding tert-OH is 2. The number of halogens is 1. The zero-order valence-corrected chi connectivity index (χ0v) is 35.2. The molecule has 0 saturated heterocycles. The minimum atomic E-state index is -2.14. The molecule has 0 heterocycles. The van der Waals surface area contributed by atoms with E-state index in [2.05, 4.69) is 0 Å². The molecule has 4 N–H and O–H groups in total. The quantitative estimate of drug-likeness (QED) is 0.240. The standard InChI is InChI=1S/C47H59FO12/c1-25-18-33-32-9-7-27-20-29(50)13-16-42(27,3)46(32,48)35(52)22-44(33,5)47(25,58)37(54)24-60-39(56)11-10-38(55)59-23-36(53)45(57)17-14-31-30-8-6-26-19-28(49)12-15-41(26,2)40(30)34(51)21-43(31,45)4/h12-13,15-16,19-20,25,30-35,40,51-52,57-58H,6-11,14,17-18,21-24H2,1-5H3/t25-,30?,31?,32?,33?,34+,35+,40?,41+,42+,43+,44+,45+,46+,47+/m1/s1. The van der Waals surface area contributed by atoms with E-state index < -0.39 is 118 Å². The second-order valence-electron chi connectivity index (χ2n) is 20.4. The predicted octanol–water partition coefficient (Wildman–Crippen LogP) is 4.35. The Morgan fingerprint density at radius 3 is 2.03 bits per heavy atom. The first kappa shape index (κ1) is 43.0. The lowest BCUT2D eigenvalue weighted by Gasteiger charge is -2.62. The number of Topliss-reactive ketones (excluding diaryl/α,β-unsaturated/α-hetero) is 2. The van der Waals surface area contributed by atoms with E-state index in [1.54, 1.807) is 39.0 Å². The van der Waals surface area contributed by atoms with Gasteiger partial charge in [0.05, 0.1) is 25.0 Å². The molecule has 6 fully saturated rings. The van der Waals surface area contributed by atoms with E-state index in [0.29, 0.717) is 44.1 Å². The fourth-order valence-electron chi connectivity index (χ4n) is 14.8. The van der Waals surface area contributed by atoms with Crippen LogP contribution in [0.25, 0.3) is 0 Å². The van der Waals surface area contributed by atoms with Crippen LogP contribution in [0.4, 0.5) is 4.39 Å². The molecule has 60 heavy (non-hydrogen) atoms. The van der Waals surface area contributed by atoms with Crippen molar-refractivity contribution in [3.8, 4) is 0 Å². The summed E-state index contributed by atoms with van der Waals surface area (Å²) in [6.45, 7) is 7.40. The number of allylic oxidation sites excluding steroid dienone is 8. The van der Waals surface area contributed by atoms with Crippen LogP contribution in [0.15, 0.2) is 47.6 Å². The number of hydrogen-bond donors (Lipinski definition) is 4. The van der Waals surface area contributed by atoms with Gasteiger partial charge in [-0.15, -0.1) is 0 Å². The molecule has 0 amide bonds. The molecule has 15 atom stereocenters. The van der Waals surface area contributed by atoms with Gasteiger partial charge in [-0.1, -0.05) is 51.0 Å². The van der Waals surface area contributed by atoms with Gasteiger partial charge in [-0.3, -0.25) is 28.8 Å². The van der Waals surface area contributed by atoms with Crippen LogP contribution in [-0.2, 0) is 38.2 Å². The van der Waals surface area contributed by atoms with Crippen molar-refractivity contribution in [1.82, 2.24) is 0 Å². The van der Waals surface area contributed by atoms with E-state index in [9.17, 15) is 49.2 Å². The molecule has 8 aliphatic rings. The Hall–Kier alpha value is -3.65. The Balaban J connectivity index is 0.849. The van der Waals surface area contributed by atoms with Crippen LogP contribution in [0.3, 0.4) is 0 Å². The summed E-state index contributed by atoms with van der Waals surface area (Å²) in [6.07, 6.45) is 9.14. The second kappa shape index (κ2) is 14.2. The molecule has 0 radical (unpaired) electrons. The number of fused-ring (bicyclic) bond motifs is 10. The van der Waals surface area contributed by atoms with Gasteiger partial charge >= 0.3 is 11.9 Å². The minimum Gasteiger partial charge on any atom is -0.458 e. The first-order valence-electron chi connectivity index (χ1n) is 21.8. The zero-order chi connectivity index (χ0) is 43.6. The summed E-state index contributed by atoms with van der Waals surface area (Å²) in [7, 11) is 0. The molecule has 0 aromatic heterocycles. The van der Waals surface area contributed by atoms with E-state index >= 15 is 4.39 Å². The maximum atomic E-state index is 17.5. The second-order valence-corrected chi connectivity index (χ2v) is 20.4. The van der Waals surface area contributed by atoms with Gasteiger partial charge < -0.3 is 29.9 Å². The number of carbonyl (C=O) groups excluding carboxylic acids is 6. The number of aliphatic hydroxyl groups is 4.